The lowest BCUT2D eigenvalue weighted by Gasteiger charge is -2.31. The summed E-state index contributed by atoms with van der Waals surface area (Å²) in [5, 5.41) is 7.24. The summed E-state index contributed by atoms with van der Waals surface area (Å²) in [5.74, 6) is 0.795. The topological polar surface area (TPSA) is 44.4 Å². The highest BCUT2D eigenvalue weighted by Crippen LogP contribution is 2.27. The van der Waals surface area contributed by atoms with Crippen molar-refractivity contribution in [1.29, 1.82) is 0 Å². The van der Waals surface area contributed by atoms with Crippen LogP contribution in [0.25, 0.3) is 0 Å². The van der Waals surface area contributed by atoms with Crippen LogP contribution >= 0.6 is 36.4 Å². The molecule has 0 aliphatic carbocycles. The molecule has 0 spiro atoms. The zero-order chi connectivity index (χ0) is 17.4. The lowest BCUT2D eigenvalue weighted by Crippen LogP contribution is -2.38. The summed E-state index contributed by atoms with van der Waals surface area (Å²) in [5.41, 5.74) is 1.09. The number of hydrogen-bond acceptors (Lipinski definition) is 3. The second-order valence-corrected chi connectivity index (χ2v) is 6.87. The van der Waals surface area contributed by atoms with Gasteiger partial charge in [0.1, 0.15) is 0 Å². The van der Waals surface area contributed by atoms with Crippen LogP contribution in [-0.2, 0) is 4.79 Å². The molecular weight excluding hydrogens is 393 g/mol. The summed E-state index contributed by atoms with van der Waals surface area (Å²) >= 11 is 6.39. The van der Waals surface area contributed by atoms with E-state index >= 15 is 0 Å². The van der Waals surface area contributed by atoms with E-state index in [0.717, 1.165) is 43.2 Å². The third kappa shape index (κ3) is 7.61. The number of nitrogens with one attached hydrogen (secondary N) is 2. The quantitative estimate of drug-likeness (QED) is 0.628. The van der Waals surface area contributed by atoms with Gasteiger partial charge in [0.25, 0.3) is 0 Å². The van der Waals surface area contributed by atoms with Crippen LogP contribution in [-0.4, -0.2) is 43.5 Å². The summed E-state index contributed by atoms with van der Waals surface area (Å²) < 4.78 is 0. The lowest BCUT2D eigenvalue weighted by molar-refractivity contribution is -0.121. The molecule has 1 aliphatic heterocycles. The van der Waals surface area contributed by atoms with Gasteiger partial charge in [0, 0.05) is 18.0 Å². The second-order valence-electron chi connectivity index (χ2n) is 6.46. The maximum Gasteiger partial charge on any atom is 0.220 e. The fraction of sp³-hybridized carbons (Fsp3) is 0.632. The van der Waals surface area contributed by atoms with Crippen molar-refractivity contribution in [2.45, 2.75) is 39.2 Å². The predicted octanol–water partition coefficient (Wildman–Crippen LogP) is 4.07. The van der Waals surface area contributed by atoms with Crippen LogP contribution in [0.1, 0.15) is 44.7 Å². The Morgan fingerprint density at radius 3 is 2.58 bits per heavy atom. The van der Waals surface area contributed by atoms with E-state index in [2.05, 4.69) is 35.4 Å². The number of amides is 1. The van der Waals surface area contributed by atoms with E-state index in [0.29, 0.717) is 18.9 Å². The van der Waals surface area contributed by atoms with Crippen molar-refractivity contribution >= 4 is 42.3 Å². The minimum atomic E-state index is 0. The standard InChI is InChI=1S/C19H30ClN3O.2ClH/c1-3-23(4-2)18(16-7-5-6-8-17(16)20)14-22-19(24)10-9-15-11-12-21-13-15;;/h5-8,15,18,21H,3-4,9-14H2,1-2H3,(H,22,24);2*1H. The predicted molar refractivity (Wildman–Crippen MR) is 115 cm³/mol. The van der Waals surface area contributed by atoms with E-state index in [9.17, 15) is 4.79 Å². The summed E-state index contributed by atoms with van der Waals surface area (Å²) in [6.45, 7) is 8.88. The second kappa shape index (κ2) is 13.6. The van der Waals surface area contributed by atoms with E-state index in [-0.39, 0.29) is 36.8 Å². The van der Waals surface area contributed by atoms with Crippen LogP contribution < -0.4 is 10.6 Å². The molecule has 2 N–H and O–H groups in total. The maximum atomic E-state index is 12.2. The van der Waals surface area contributed by atoms with E-state index in [1.165, 1.54) is 6.42 Å². The van der Waals surface area contributed by atoms with Gasteiger partial charge in [-0.3, -0.25) is 9.69 Å². The fourth-order valence-corrected chi connectivity index (χ4v) is 3.70. The maximum absolute atomic E-state index is 12.2. The highest BCUT2D eigenvalue weighted by molar-refractivity contribution is 6.31. The minimum Gasteiger partial charge on any atom is -0.354 e. The number of carbonyl (C=O) groups is 1. The highest BCUT2D eigenvalue weighted by Gasteiger charge is 2.21. The molecule has 1 aliphatic rings. The van der Waals surface area contributed by atoms with Gasteiger partial charge < -0.3 is 10.6 Å². The molecule has 7 heteroatoms. The fourth-order valence-electron chi connectivity index (χ4n) is 3.44. The Morgan fingerprint density at radius 1 is 1.31 bits per heavy atom. The average Bonchev–Trinajstić information content (AvgIpc) is 3.11. The third-order valence-electron chi connectivity index (χ3n) is 4.95. The third-order valence-corrected chi connectivity index (χ3v) is 5.30. The van der Waals surface area contributed by atoms with Crippen molar-refractivity contribution in [1.82, 2.24) is 15.5 Å². The molecule has 1 aromatic rings. The molecule has 1 aromatic carbocycles. The van der Waals surface area contributed by atoms with Gasteiger partial charge >= 0.3 is 0 Å². The zero-order valence-electron chi connectivity index (χ0n) is 15.7. The number of rotatable bonds is 9. The van der Waals surface area contributed by atoms with E-state index in [1.807, 2.05) is 18.2 Å². The van der Waals surface area contributed by atoms with Gasteiger partial charge in [-0.15, -0.1) is 24.8 Å². The smallest absolute Gasteiger partial charge is 0.220 e. The molecule has 26 heavy (non-hydrogen) atoms. The molecule has 0 bridgehead atoms. The first-order valence-electron chi connectivity index (χ1n) is 9.11. The molecule has 4 nitrogen and oxygen atoms in total. The Kier molecular flexibility index (Phi) is 13.3. The van der Waals surface area contributed by atoms with E-state index < -0.39 is 0 Å². The molecule has 1 heterocycles. The van der Waals surface area contributed by atoms with E-state index in [4.69, 9.17) is 11.6 Å². The van der Waals surface area contributed by atoms with Crippen molar-refractivity contribution < 1.29 is 4.79 Å². The number of hydrogen-bond donors (Lipinski definition) is 2. The van der Waals surface area contributed by atoms with Gasteiger partial charge in [0.05, 0.1) is 6.04 Å². The first kappa shape index (κ1) is 25.5. The molecule has 0 radical (unpaired) electrons. The molecule has 1 fully saturated rings. The molecule has 2 atom stereocenters. The van der Waals surface area contributed by atoms with Crippen LogP contribution in [0.2, 0.25) is 5.02 Å². The molecule has 150 valence electrons. The highest BCUT2D eigenvalue weighted by atomic mass is 35.5. The first-order valence-corrected chi connectivity index (χ1v) is 9.49. The van der Waals surface area contributed by atoms with Crippen LogP contribution in [0.15, 0.2) is 24.3 Å². The van der Waals surface area contributed by atoms with E-state index in [1.54, 1.807) is 0 Å². The Balaban J connectivity index is 0.00000312. The van der Waals surface area contributed by atoms with Crippen LogP contribution in [0.5, 0.6) is 0 Å². The van der Waals surface area contributed by atoms with Crippen LogP contribution in [0.4, 0.5) is 0 Å². The van der Waals surface area contributed by atoms with Crippen molar-refractivity contribution in [3.63, 3.8) is 0 Å². The van der Waals surface area contributed by atoms with Crippen molar-refractivity contribution in [3.8, 4) is 0 Å². The number of carbonyl (C=O) groups excluding carboxylic acids is 1. The summed E-state index contributed by atoms with van der Waals surface area (Å²) in [6, 6.07) is 8.04. The Labute approximate surface area is 175 Å². The van der Waals surface area contributed by atoms with Crippen molar-refractivity contribution in [2.24, 2.45) is 5.92 Å². The SMILES string of the molecule is CCN(CC)C(CNC(=O)CCC1CCNC1)c1ccccc1Cl.Cl.Cl. The summed E-state index contributed by atoms with van der Waals surface area (Å²) in [7, 11) is 0. The zero-order valence-corrected chi connectivity index (χ0v) is 18.1. The average molecular weight is 425 g/mol. The number of nitrogens with zero attached hydrogens (tertiary/aromatic N) is 1. The van der Waals surface area contributed by atoms with Gasteiger partial charge in [-0.05, 0) is 56.6 Å². The van der Waals surface area contributed by atoms with Gasteiger partial charge in [0.2, 0.25) is 5.91 Å². The molecular formula is C19H32Cl3N3O. The number of halogens is 3. The first-order chi connectivity index (χ1) is 11.7. The normalized spacial score (nSPS) is 17.3. The van der Waals surface area contributed by atoms with Gasteiger partial charge in [-0.25, -0.2) is 0 Å². The van der Waals surface area contributed by atoms with Gasteiger partial charge in [0.15, 0.2) is 0 Å². The van der Waals surface area contributed by atoms with Crippen molar-refractivity contribution in [2.75, 3.05) is 32.7 Å². The van der Waals surface area contributed by atoms with Crippen LogP contribution in [0.3, 0.4) is 0 Å². The van der Waals surface area contributed by atoms with Gasteiger partial charge in [-0.2, -0.15) is 0 Å². The molecule has 0 aromatic heterocycles. The molecule has 1 amide bonds. The molecule has 2 rings (SSSR count). The van der Waals surface area contributed by atoms with Crippen LogP contribution in [0, 0.1) is 5.92 Å². The summed E-state index contributed by atoms with van der Waals surface area (Å²) in [4.78, 5) is 14.6. The Morgan fingerprint density at radius 2 is 2.00 bits per heavy atom. The Hall–Kier alpha value is -0.520. The lowest BCUT2D eigenvalue weighted by atomic mass is 10.0. The number of likely N-dealkylation sites (N-methyl/N-ethyl adjacent to an activating group) is 1. The summed E-state index contributed by atoms with van der Waals surface area (Å²) in [6.07, 6.45) is 2.77. The van der Waals surface area contributed by atoms with Crippen molar-refractivity contribution in [3.05, 3.63) is 34.9 Å². The monoisotopic (exact) mass is 423 g/mol. The molecule has 1 saturated heterocycles. The minimum absolute atomic E-state index is 0. The molecule has 2 unspecified atom stereocenters. The number of benzene rings is 1. The Bertz CT molecular complexity index is 521. The largest absolute Gasteiger partial charge is 0.354 e. The van der Waals surface area contributed by atoms with Gasteiger partial charge in [-0.1, -0.05) is 43.6 Å². The molecule has 0 saturated carbocycles.